The lowest BCUT2D eigenvalue weighted by molar-refractivity contribution is 0.159. The lowest BCUT2D eigenvalue weighted by Crippen LogP contribution is -2.57. The van der Waals surface area contributed by atoms with Crippen LogP contribution in [0.3, 0.4) is 0 Å². The number of hydrogen-bond donors (Lipinski definition) is 3. The van der Waals surface area contributed by atoms with E-state index in [-0.39, 0.29) is 12.1 Å². The van der Waals surface area contributed by atoms with E-state index in [1.807, 2.05) is 0 Å². The molecule has 0 amide bonds. The van der Waals surface area contributed by atoms with Crippen molar-refractivity contribution in [2.24, 2.45) is 11.7 Å². The largest absolute Gasteiger partial charge is 0.396 e. The zero-order valence-electron chi connectivity index (χ0n) is 10.8. The Morgan fingerprint density at radius 2 is 2.31 bits per heavy atom. The topological polar surface area (TPSA) is 58.3 Å². The molecule has 0 spiro atoms. The van der Waals surface area contributed by atoms with Crippen LogP contribution in [0, 0.1) is 5.92 Å². The molecule has 16 heavy (non-hydrogen) atoms. The molecule has 1 aliphatic carbocycles. The van der Waals surface area contributed by atoms with Gasteiger partial charge in [0, 0.05) is 24.7 Å². The van der Waals surface area contributed by atoms with E-state index >= 15 is 0 Å². The fraction of sp³-hybridized carbons (Fsp3) is 1.00. The molecule has 0 aromatic heterocycles. The molecule has 0 heterocycles. The van der Waals surface area contributed by atoms with Crippen molar-refractivity contribution < 1.29 is 5.11 Å². The SMILES string of the molecule is CCC(CCO)NC1(CN)CCCC(C)C1. The predicted octanol–water partition coefficient (Wildman–Crippen LogP) is 1.64. The second-order valence-corrected chi connectivity index (χ2v) is 5.45. The van der Waals surface area contributed by atoms with Crippen molar-refractivity contribution in [3.05, 3.63) is 0 Å². The van der Waals surface area contributed by atoms with Gasteiger partial charge < -0.3 is 16.2 Å². The summed E-state index contributed by atoms with van der Waals surface area (Å²) < 4.78 is 0. The molecule has 3 heteroatoms. The van der Waals surface area contributed by atoms with Crippen molar-refractivity contribution in [3.63, 3.8) is 0 Å². The summed E-state index contributed by atoms with van der Waals surface area (Å²) in [5, 5.41) is 12.7. The van der Waals surface area contributed by atoms with E-state index in [1.165, 1.54) is 25.7 Å². The van der Waals surface area contributed by atoms with E-state index in [9.17, 15) is 0 Å². The van der Waals surface area contributed by atoms with Gasteiger partial charge in [0.15, 0.2) is 0 Å². The highest BCUT2D eigenvalue weighted by Crippen LogP contribution is 2.32. The number of aliphatic hydroxyl groups excluding tert-OH is 1. The van der Waals surface area contributed by atoms with Crippen molar-refractivity contribution in [1.82, 2.24) is 5.32 Å². The molecule has 0 aliphatic heterocycles. The average Bonchev–Trinajstić information content (AvgIpc) is 2.28. The van der Waals surface area contributed by atoms with Gasteiger partial charge >= 0.3 is 0 Å². The molecule has 0 radical (unpaired) electrons. The van der Waals surface area contributed by atoms with Gasteiger partial charge in [0.2, 0.25) is 0 Å². The molecule has 1 rings (SSSR count). The molecule has 96 valence electrons. The zero-order chi connectivity index (χ0) is 12.0. The summed E-state index contributed by atoms with van der Waals surface area (Å²) in [7, 11) is 0. The maximum atomic E-state index is 9.03. The summed E-state index contributed by atoms with van der Waals surface area (Å²) in [6, 6.07) is 0.416. The number of nitrogens with two attached hydrogens (primary N) is 1. The van der Waals surface area contributed by atoms with E-state index in [4.69, 9.17) is 10.8 Å². The maximum absolute atomic E-state index is 9.03. The Morgan fingerprint density at radius 3 is 2.81 bits per heavy atom. The van der Waals surface area contributed by atoms with Crippen LogP contribution in [-0.2, 0) is 0 Å². The minimum absolute atomic E-state index is 0.132. The van der Waals surface area contributed by atoms with Gasteiger partial charge in [-0.3, -0.25) is 0 Å². The molecule has 0 aromatic rings. The van der Waals surface area contributed by atoms with Crippen molar-refractivity contribution in [2.75, 3.05) is 13.2 Å². The third-order valence-corrected chi connectivity index (χ3v) is 3.96. The van der Waals surface area contributed by atoms with Crippen molar-refractivity contribution in [1.29, 1.82) is 0 Å². The van der Waals surface area contributed by atoms with Gasteiger partial charge in [0.25, 0.3) is 0 Å². The molecule has 1 saturated carbocycles. The minimum Gasteiger partial charge on any atom is -0.396 e. The van der Waals surface area contributed by atoms with Gasteiger partial charge in [0.05, 0.1) is 0 Å². The van der Waals surface area contributed by atoms with Crippen molar-refractivity contribution in [3.8, 4) is 0 Å². The summed E-state index contributed by atoms with van der Waals surface area (Å²) >= 11 is 0. The molecule has 0 bridgehead atoms. The van der Waals surface area contributed by atoms with Gasteiger partial charge in [-0.15, -0.1) is 0 Å². The van der Waals surface area contributed by atoms with E-state index in [0.29, 0.717) is 6.04 Å². The van der Waals surface area contributed by atoms with Gasteiger partial charge in [-0.1, -0.05) is 26.7 Å². The van der Waals surface area contributed by atoms with Crippen LogP contribution in [0.1, 0.15) is 52.4 Å². The van der Waals surface area contributed by atoms with E-state index in [0.717, 1.165) is 25.3 Å². The van der Waals surface area contributed by atoms with Crippen LogP contribution in [0.15, 0.2) is 0 Å². The Morgan fingerprint density at radius 1 is 1.56 bits per heavy atom. The first kappa shape index (κ1) is 13.9. The van der Waals surface area contributed by atoms with E-state index in [1.54, 1.807) is 0 Å². The second kappa shape index (κ2) is 6.58. The lowest BCUT2D eigenvalue weighted by atomic mass is 9.76. The number of aliphatic hydroxyl groups is 1. The van der Waals surface area contributed by atoms with Gasteiger partial charge in [-0.05, 0) is 31.6 Å². The van der Waals surface area contributed by atoms with Crippen molar-refractivity contribution >= 4 is 0 Å². The van der Waals surface area contributed by atoms with Crippen LogP contribution in [0.5, 0.6) is 0 Å². The third kappa shape index (κ3) is 3.72. The molecule has 3 atom stereocenters. The molecular formula is C13H28N2O. The first-order valence-corrected chi connectivity index (χ1v) is 6.74. The minimum atomic E-state index is 0.132. The van der Waals surface area contributed by atoms with Gasteiger partial charge in [0.1, 0.15) is 0 Å². The number of rotatable bonds is 6. The van der Waals surface area contributed by atoms with E-state index in [2.05, 4.69) is 19.2 Å². The summed E-state index contributed by atoms with van der Waals surface area (Å²) in [4.78, 5) is 0. The highest BCUT2D eigenvalue weighted by molar-refractivity contribution is 4.95. The first-order chi connectivity index (χ1) is 7.65. The van der Waals surface area contributed by atoms with Crippen LogP contribution in [0.25, 0.3) is 0 Å². The molecule has 0 saturated heterocycles. The standard InChI is InChI=1S/C13H28N2O/c1-3-12(6-8-16)15-13(10-14)7-4-5-11(2)9-13/h11-12,15-16H,3-10,14H2,1-2H3. The predicted molar refractivity (Wildman–Crippen MR) is 68.3 cm³/mol. The summed E-state index contributed by atoms with van der Waals surface area (Å²) in [6.45, 7) is 5.48. The molecule has 1 aliphatic rings. The summed E-state index contributed by atoms with van der Waals surface area (Å²) in [5.41, 5.74) is 6.11. The third-order valence-electron chi connectivity index (χ3n) is 3.96. The second-order valence-electron chi connectivity index (χ2n) is 5.45. The lowest BCUT2D eigenvalue weighted by Gasteiger charge is -2.42. The van der Waals surface area contributed by atoms with Crippen LogP contribution in [0.2, 0.25) is 0 Å². The Balaban J connectivity index is 2.57. The summed E-state index contributed by atoms with van der Waals surface area (Å²) in [5.74, 6) is 0.774. The highest BCUT2D eigenvalue weighted by atomic mass is 16.3. The van der Waals surface area contributed by atoms with Crippen LogP contribution in [-0.4, -0.2) is 29.8 Å². The fourth-order valence-corrected chi connectivity index (χ4v) is 3.00. The monoisotopic (exact) mass is 228 g/mol. The average molecular weight is 228 g/mol. The molecule has 3 unspecified atom stereocenters. The molecule has 0 aromatic carbocycles. The molecule has 4 N–H and O–H groups in total. The quantitative estimate of drug-likeness (QED) is 0.648. The summed E-state index contributed by atoms with van der Waals surface area (Å²) in [6.07, 6.45) is 6.89. The fourth-order valence-electron chi connectivity index (χ4n) is 3.00. The molecule has 1 fully saturated rings. The van der Waals surface area contributed by atoms with E-state index < -0.39 is 0 Å². The molecular weight excluding hydrogens is 200 g/mol. The Hall–Kier alpha value is -0.120. The normalized spacial score (nSPS) is 32.6. The van der Waals surface area contributed by atoms with Crippen LogP contribution < -0.4 is 11.1 Å². The highest BCUT2D eigenvalue weighted by Gasteiger charge is 2.34. The van der Waals surface area contributed by atoms with Crippen LogP contribution in [0.4, 0.5) is 0 Å². The number of nitrogens with one attached hydrogen (secondary N) is 1. The Bertz CT molecular complexity index is 198. The maximum Gasteiger partial charge on any atom is 0.0445 e. The Labute approximate surface area is 99.8 Å². The van der Waals surface area contributed by atoms with Gasteiger partial charge in [-0.2, -0.15) is 0 Å². The first-order valence-electron chi connectivity index (χ1n) is 6.74. The number of hydrogen-bond acceptors (Lipinski definition) is 3. The Kier molecular flexibility index (Phi) is 5.73. The van der Waals surface area contributed by atoms with Crippen LogP contribution >= 0.6 is 0 Å². The van der Waals surface area contributed by atoms with Gasteiger partial charge in [-0.25, -0.2) is 0 Å². The zero-order valence-corrected chi connectivity index (χ0v) is 10.8. The van der Waals surface area contributed by atoms with Crippen molar-refractivity contribution in [2.45, 2.75) is 64.0 Å². The smallest absolute Gasteiger partial charge is 0.0445 e. The molecule has 3 nitrogen and oxygen atoms in total.